The van der Waals surface area contributed by atoms with E-state index in [4.69, 9.17) is 15.5 Å². The third-order valence-electron chi connectivity index (χ3n) is 6.11. The van der Waals surface area contributed by atoms with Crippen LogP contribution in [0.4, 0.5) is 0 Å². The summed E-state index contributed by atoms with van der Waals surface area (Å²) in [4.78, 5) is 25.2. The second-order valence-electron chi connectivity index (χ2n) is 8.37. The molecule has 4 aromatic rings. The Morgan fingerprint density at radius 3 is 2.85 bits per heavy atom. The van der Waals surface area contributed by atoms with Gasteiger partial charge in [-0.05, 0) is 37.3 Å². The molecule has 0 bridgehead atoms. The van der Waals surface area contributed by atoms with Gasteiger partial charge in [-0.1, -0.05) is 5.21 Å². The van der Waals surface area contributed by atoms with Crippen molar-refractivity contribution in [3.63, 3.8) is 0 Å². The summed E-state index contributed by atoms with van der Waals surface area (Å²) in [6, 6.07) is 3.85. The number of fused-ring (bicyclic) bond motifs is 1. The van der Waals surface area contributed by atoms with Crippen molar-refractivity contribution in [1.29, 1.82) is 0 Å². The van der Waals surface area contributed by atoms with Crippen molar-refractivity contribution in [1.82, 2.24) is 39.7 Å². The second kappa shape index (κ2) is 9.02. The van der Waals surface area contributed by atoms with E-state index in [1.165, 1.54) is 0 Å². The molecule has 2 atom stereocenters. The van der Waals surface area contributed by atoms with E-state index in [-0.39, 0.29) is 11.8 Å². The Morgan fingerprint density at radius 1 is 1.18 bits per heavy atom. The third-order valence-corrected chi connectivity index (χ3v) is 6.11. The van der Waals surface area contributed by atoms with Crippen LogP contribution in [0.25, 0.3) is 28.1 Å². The summed E-state index contributed by atoms with van der Waals surface area (Å²) < 4.78 is 8.55. The zero-order valence-corrected chi connectivity index (χ0v) is 18.3. The maximum absolute atomic E-state index is 11.5. The molecule has 0 spiro atoms. The first-order valence-corrected chi connectivity index (χ1v) is 11.0. The number of nitrogens with zero attached hydrogens (tertiary/aromatic N) is 8. The number of carbonyl (C=O) groups excluding carboxylic acids is 1. The number of methoxy groups -OCH3 is 1. The van der Waals surface area contributed by atoms with E-state index in [1.807, 2.05) is 29.2 Å². The van der Waals surface area contributed by atoms with E-state index < -0.39 is 0 Å². The first kappa shape index (κ1) is 21.1. The lowest BCUT2D eigenvalue weighted by Crippen LogP contribution is -2.21. The molecule has 1 amide bonds. The van der Waals surface area contributed by atoms with Crippen molar-refractivity contribution in [2.45, 2.75) is 32.2 Å². The number of ether oxygens (including phenoxy) is 1. The van der Waals surface area contributed by atoms with Gasteiger partial charge < -0.3 is 10.5 Å². The summed E-state index contributed by atoms with van der Waals surface area (Å²) in [6.45, 7) is 1.30. The average molecular weight is 448 g/mol. The Hall–Kier alpha value is -3.73. The number of amides is 1. The van der Waals surface area contributed by atoms with E-state index in [9.17, 15) is 4.79 Å². The van der Waals surface area contributed by atoms with Crippen molar-refractivity contribution in [2.75, 3.05) is 13.7 Å². The Balaban J connectivity index is 1.34. The van der Waals surface area contributed by atoms with E-state index in [2.05, 4.69) is 25.4 Å². The molecule has 0 saturated heterocycles. The Bertz CT molecular complexity index is 1260. The Kier molecular flexibility index (Phi) is 5.78. The summed E-state index contributed by atoms with van der Waals surface area (Å²) in [5.74, 6) is 1.42. The zero-order valence-electron chi connectivity index (χ0n) is 18.3. The highest BCUT2D eigenvalue weighted by Gasteiger charge is 2.29. The standard InChI is InChI=1S/C22H25N9O2/c1-33-7-6-30-13-17(11-26-30)16-4-5-20(25-10-16)31-22-18(28-29-31)12-24-19(27-22)9-14-2-3-15(8-14)21(23)32/h4-5,10-15H,2-3,6-9H2,1H3,(H2,23,32)/t14-,15-/m1/s1. The van der Waals surface area contributed by atoms with E-state index in [0.717, 1.165) is 30.4 Å². The van der Waals surface area contributed by atoms with Crippen LogP contribution >= 0.6 is 0 Å². The molecular weight excluding hydrogens is 422 g/mol. The number of primary amides is 1. The second-order valence-corrected chi connectivity index (χ2v) is 8.37. The largest absolute Gasteiger partial charge is 0.383 e. The molecule has 2 N–H and O–H groups in total. The lowest BCUT2D eigenvalue weighted by atomic mass is 10.0. The van der Waals surface area contributed by atoms with E-state index in [1.54, 1.807) is 24.2 Å². The number of hydrogen-bond donors (Lipinski definition) is 1. The van der Waals surface area contributed by atoms with Crippen molar-refractivity contribution < 1.29 is 9.53 Å². The minimum absolute atomic E-state index is 0.0410. The first-order valence-electron chi connectivity index (χ1n) is 11.0. The van der Waals surface area contributed by atoms with Gasteiger partial charge in [0.25, 0.3) is 0 Å². The fraction of sp³-hybridized carbons (Fsp3) is 0.409. The van der Waals surface area contributed by atoms with Gasteiger partial charge in [-0.15, -0.1) is 5.10 Å². The Morgan fingerprint density at radius 2 is 2.09 bits per heavy atom. The highest BCUT2D eigenvalue weighted by atomic mass is 16.5. The number of aromatic nitrogens is 8. The van der Waals surface area contributed by atoms with Crippen LogP contribution in [0, 0.1) is 11.8 Å². The number of nitrogens with two attached hydrogens (primary N) is 1. The molecule has 4 aromatic heterocycles. The zero-order chi connectivity index (χ0) is 22.8. The monoisotopic (exact) mass is 447 g/mol. The van der Waals surface area contributed by atoms with Crippen molar-refractivity contribution in [3.8, 4) is 16.9 Å². The number of carbonyl (C=O) groups is 1. The molecule has 1 aliphatic carbocycles. The average Bonchev–Trinajstić information content (AvgIpc) is 3.57. The maximum Gasteiger partial charge on any atom is 0.220 e. The van der Waals surface area contributed by atoms with Crippen LogP contribution in [0.2, 0.25) is 0 Å². The summed E-state index contributed by atoms with van der Waals surface area (Å²) in [5, 5.41) is 12.7. The summed E-state index contributed by atoms with van der Waals surface area (Å²) in [6.07, 6.45) is 10.5. The van der Waals surface area contributed by atoms with Crippen molar-refractivity contribution in [3.05, 3.63) is 42.7 Å². The number of rotatable bonds is 8. The van der Waals surface area contributed by atoms with Crippen molar-refractivity contribution >= 4 is 17.1 Å². The van der Waals surface area contributed by atoms with Gasteiger partial charge in [0.05, 0.1) is 25.5 Å². The van der Waals surface area contributed by atoms with Crippen LogP contribution in [-0.4, -0.2) is 59.4 Å². The van der Waals surface area contributed by atoms with Crippen LogP contribution in [0.3, 0.4) is 0 Å². The SMILES string of the molecule is COCCn1cc(-c2ccc(-n3nnc4cnc(C[C@@H]5CC[C@@H](C(N)=O)C5)nc43)nc2)cn1. The van der Waals surface area contributed by atoms with Gasteiger partial charge in [0.15, 0.2) is 17.0 Å². The predicted molar refractivity (Wildman–Crippen MR) is 119 cm³/mol. The normalized spacial score (nSPS) is 18.2. The lowest BCUT2D eigenvalue weighted by molar-refractivity contribution is -0.121. The highest BCUT2D eigenvalue weighted by molar-refractivity contribution is 5.77. The molecule has 0 aliphatic heterocycles. The van der Waals surface area contributed by atoms with Crippen LogP contribution in [0.5, 0.6) is 0 Å². The molecule has 0 unspecified atom stereocenters. The predicted octanol–water partition coefficient (Wildman–Crippen LogP) is 1.56. The van der Waals surface area contributed by atoms with Gasteiger partial charge in [0, 0.05) is 43.0 Å². The van der Waals surface area contributed by atoms with Crippen LogP contribution < -0.4 is 5.73 Å². The third kappa shape index (κ3) is 4.44. The fourth-order valence-electron chi connectivity index (χ4n) is 4.29. The van der Waals surface area contributed by atoms with Crippen LogP contribution in [0.1, 0.15) is 25.1 Å². The molecule has 0 aromatic carbocycles. The molecule has 11 heteroatoms. The van der Waals surface area contributed by atoms with Gasteiger partial charge in [0.1, 0.15) is 5.82 Å². The van der Waals surface area contributed by atoms with Gasteiger partial charge in [-0.3, -0.25) is 9.48 Å². The van der Waals surface area contributed by atoms with Crippen LogP contribution in [0.15, 0.2) is 36.9 Å². The van der Waals surface area contributed by atoms with Gasteiger partial charge in [-0.2, -0.15) is 9.78 Å². The van der Waals surface area contributed by atoms with E-state index >= 15 is 0 Å². The van der Waals surface area contributed by atoms with E-state index in [0.29, 0.717) is 48.3 Å². The van der Waals surface area contributed by atoms with Crippen LogP contribution in [-0.2, 0) is 22.5 Å². The van der Waals surface area contributed by atoms with Gasteiger partial charge in [0.2, 0.25) is 5.91 Å². The maximum atomic E-state index is 11.5. The molecule has 4 heterocycles. The molecule has 1 fully saturated rings. The fourth-order valence-corrected chi connectivity index (χ4v) is 4.29. The van der Waals surface area contributed by atoms with Gasteiger partial charge in [-0.25, -0.2) is 15.0 Å². The molecule has 1 saturated carbocycles. The lowest BCUT2D eigenvalue weighted by Gasteiger charge is -2.08. The smallest absolute Gasteiger partial charge is 0.220 e. The Labute approximate surface area is 190 Å². The highest BCUT2D eigenvalue weighted by Crippen LogP contribution is 2.32. The molecule has 0 radical (unpaired) electrons. The minimum Gasteiger partial charge on any atom is -0.383 e. The quantitative estimate of drug-likeness (QED) is 0.429. The molecule has 11 nitrogen and oxygen atoms in total. The minimum atomic E-state index is -0.215. The van der Waals surface area contributed by atoms with Crippen molar-refractivity contribution in [2.24, 2.45) is 17.6 Å². The topological polar surface area (TPSA) is 140 Å². The summed E-state index contributed by atoms with van der Waals surface area (Å²) >= 11 is 0. The summed E-state index contributed by atoms with van der Waals surface area (Å²) in [7, 11) is 1.67. The number of pyridine rings is 1. The van der Waals surface area contributed by atoms with Gasteiger partial charge >= 0.3 is 0 Å². The molecule has 33 heavy (non-hydrogen) atoms. The molecular formula is C22H25N9O2. The molecule has 170 valence electrons. The molecule has 1 aliphatic rings. The first-order chi connectivity index (χ1) is 16.1. The number of hydrogen-bond acceptors (Lipinski definition) is 8. The summed E-state index contributed by atoms with van der Waals surface area (Å²) in [5.41, 5.74) is 8.60. The molecule has 5 rings (SSSR count).